The van der Waals surface area contributed by atoms with Crippen LogP contribution in [0.2, 0.25) is 0 Å². The second-order valence-electron chi connectivity index (χ2n) is 5.73. The second kappa shape index (κ2) is 7.20. The standard InChI is InChI=1S/C14H24N2O3S/c1-2-3-5-9(13(17)18)6-4-7-11-12-10(8-20-11)15-14(19)16-12/h9-12H,2-8H2,1H3,(H,17,18)(H2,15,16,19)/t9?,10-,11-,12-/m0/s1. The first kappa shape index (κ1) is 15.5. The predicted molar refractivity (Wildman–Crippen MR) is 80.0 cm³/mol. The van der Waals surface area contributed by atoms with Gasteiger partial charge in [0.1, 0.15) is 0 Å². The Morgan fingerprint density at radius 1 is 1.40 bits per heavy atom. The average molecular weight is 300 g/mol. The number of carboxylic acids is 1. The van der Waals surface area contributed by atoms with Crippen molar-refractivity contribution in [2.24, 2.45) is 5.92 Å². The Hall–Kier alpha value is -0.910. The normalized spacial score (nSPS) is 29.6. The second-order valence-corrected chi connectivity index (χ2v) is 7.00. The van der Waals surface area contributed by atoms with E-state index in [2.05, 4.69) is 17.6 Å². The van der Waals surface area contributed by atoms with Crippen molar-refractivity contribution in [1.82, 2.24) is 10.6 Å². The van der Waals surface area contributed by atoms with Crippen LogP contribution in [0.15, 0.2) is 0 Å². The van der Waals surface area contributed by atoms with E-state index in [1.807, 2.05) is 11.8 Å². The highest BCUT2D eigenvalue weighted by atomic mass is 32.2. The molecule has 0 aliphatic carbocycles. The first-order chi connectivity index (χ1) is 9.61. The van der Waals surface area contributed by atoms with E-state index in [4.69, 9.17) is 0 Å². The monoisotopic (exact) mass is 300 g/mol. The minimum atomic E-state index is -0.661. The van der Waals surface area contributed by atoms with Gasteiger partial charge < -0.3 is 15.7 Å². The Balaban J connectivity index is 1.72. The zero-order chi connectivity index (χ0) is 14.5. The molecular formula is C14H24N2O3S. The van der Waals surface area contributed by atoms with Gasteiger partial charge in [0.25, 0.3) is 0 Å². The summed E-state index contributed by atoms with van der Waals surface area (Å²) in [5, 5.41) is 15.5. The summed E-state index contributed by atoms with van der Waals surface area (Å²) in [4.78, 5) is 22.5. The van der Waals surface area contributed by atoms with Crippen molar-refractivity contribution in [3.05, 3.63) is 0 Å². The molecule has 114 valence electrons. The van der Waals surface area contributed by atoms with Crippen molar-refractivity contribution in [2.75, 3.05) is 5.75 Å². The van der Waals surface area contributed by atoms with Gasteiger partial charge in [-0.3, -0.25) is 4.79 Å². The molecule has 0 aromatic rings. The van der Waals surface area contributed by atoms with Crippen molar-refractivity contribution in [3.63, 3.8) is 0 Å². The highest BCUT2D eigenvalue weighted by Gasteiger charge is 2.42. The number of hydrogen-bond acceptors (Lipinski definition) is 3. The Labute approximate surface area is 124 Å². The van der Waals surface area contributed by atoms with E-state index < -0.39 is 5.97 Å². The van der Waals surface area contributed by atoms with Crippen molar-refractivity contribution in [2.45, 2.75) is 62.8 Å². The zero-order valence-electron chi connectivity index (χ0n) is 11.9. The van der Waals surface area contributed by atoms with E-state index >= 15 is 0 Å². The van der Waals surface area contributed by atoms with Crippen LogP contribution in [-0.4, -0.2) is 40.2 Å². The van der Waals surface area contributed by atoms with Crippen LogP contribution in [-0.2, 0) is 4.79 Å². The smallest absolute Gasteiger partial charge is 0.315 e. The lowest BCUT2D eigenvalue weighted by atomic mass is 9.94. The van der Waals surface area contributed by atoms with E-state index in [1.54, 1.807) is 0 Å². The summed E-state index contributed by atoms with van der Waals surface area (Å²) in [6, 6.07) is 0.427. The highest BCUT2D eigenvalue weighted by Crippen LogP contribution is 2.33. The number of carboxylic acid groups (broad SMARTS) is 1. The van der Waals surface area contributed by atoms with Crippen LogP contribution >= 0.6 is 11.8 Å². The van der Waals surface area contributed by atoms with Crippen molar-refractivity contribution in [3.8, 4) is 0 Å². The maximum Gasteiger partial charge on any atom is 0.315 e. The molecule has 2 aliphatic heterocycles. The summed E-state index contributed by atoms with van der Waals surface area (Å²) >= 11 is 1.89. The molecule has 2 fully saturated rings. The van der Waals surface area contributed by atoms with Gasteiger partial charge in [-0.2, -0.15) is 11.8 Å². The number of fused-ring (bicyclic) bond motifs is 1. The van der Waals surface area contributed by atoms with Gasteiger partial charge in [-0.05, 0) is 19.3 Å². The van der Waals surface area contributed by atoms with Crippen LogP contribution < -0.4 is 10.6 Å². The summed E-state index contributed by atoms with van der Waals surface area (Å²) in [6.45, 7) is 2.09. The quantitative estimate of drug-likeness (QED) is 0.601. The van der Waals surface area contributed by atoms with Crippen LogP contribution in [0, 0.1) is 5.92 Å². The van der Waals surface area contributed by atoms with Gasteiger partial charge in [-0.15, -0.1) is 0 Å². The lowest BCUT2D eigenvalue weighted by Crippen LogP contribution is -2.36. The number of carbonyl (C=O) groups excluding carboxylic acids is 1. The van der Waals surface area contributed by atoms with E-state index in [1.165, 1.54) is 0 Å². The molecule has 0 bridgehead atoms. The molecule has 0 aromatic heterocycles. The summed E-state index contributed by atoms with van der Waals surface area (Å²) in [7, 11) is 0. The zero-order valence-corrected chi connectivity index (χ0v) is 12.7. The van der Waals surface area contributed by atoms with Crippen molar-refractivity contribution < 1.29 is 14.7 Å². The SMILES string of the molecule is CCCCC(CCC[C@@H]1SC[C@@H]2NC(=O)N[C@@H]21)C(=O)O. The molecular weight excluding hydrogens is 276 g/mol. The number of amides is 2. The fourth-order valence-electron chi connectivity index (χ4n) is 3.05. The number of nitrogens with one attached hydrogen (secondary N) is 2. The lowest BCUT2D eigenvalue weighted by Gasteiger charge is -2.18. The number of thioether (sulfide) groups is 1. The average Bonchev–Trinajstić information content (AvgIpc) is 2.93. The fraction of sp³-hybridized carbons (Fsp3) is 0.857. The predicted octanol–water partition coefficient (Wildman–Crippen LogP) is 2.21. The molecule has 0 saturated carbocycles. The van der Waals surface area contributed by atoms with E-state index in [0.29, 0.717) is 5.25 Å². The van der Waals surface area contributed by atoms with E-state index in [-0.39, 0.29) is 24.0 Å². The fourth-order valence-corrected chi connectivity index (χ4v) is 4.59. The van der Waals surface area contributed by atoms with Gasteiger partial charge in [0.05, 0.1) is 18.0 Å². The number of hydrogen-bond donors (Lipinski definition) is 3. The topological polar surface area (TPSA) is 78.4 Å². The number of urea groups is 1. The molecule has 2 rings (SSSR count). The van der Waals surface area contributed by atoms with Gasteiger partial charge in [0.15, 0.2) is 0 Å². The molecule has 0 aromatic carbocycles. The van der Waals surface area contributed by atoms with Gasteiger partial charge in [-0.1, -0.05) is 26.2 Å². The molecule has 2 aliphatic rings. The van der Waals surface area contributed by atoms with Crippen LogP contribution in [0.4, 0.5) is 4.79 Å². The summed E-state index contributed by atoms with van der Waals surface area (Å²) < 4.78 is 0. The number of aliphatic carboxylic acids is 1. The molecule has 2 saturated heterocycles. The summed E-state index contributed by atoms with van der Waals surface area (Å²) in [5.41, 5.74) is 0. The third-order valence-corrected chi connectivity index (χ3v) is 5.74. The molecule has 3 N–H and O–H groups in total. The van der Waals surface area contributed by atoms with E-state index in [9.17, 15) is 14.7 Å². The van der Waals surface area contributed by atoms with E-state index in [0.717, 1.165) is 44.3 Å². The van der Waals surface area contributed by atoms with Crippen LogP contribution in [0.3, 0.4) is 0 Å². The molecule has 2 heterocycles. The number of carbonyl (C=O) groups is 2. The van der Waals surface area contributed by atoms with Crippen LogP contribution in [0.1, 0.15) is 45.4 Å². The van der Waals surface area contributed by atoms with Crippen molar-refractivity contribution in [1.29, 1.82) is 0 Å². The molecule has 20 heavy (non-hydrogen) atoms. The third kappa shape index (κ3) is 3.81. The third-order valence-electron chi connectivity index (χ3n) is 4.23. The lowest BCUT2D eigenvalue weighted by molar-refractivity contribution is -0.142. The number of rotatable bonds is 8. The van der Waals surface area contributed by atoms with Crippen LogP contribution in [0.25, 0.3) is 0 Å². The minimum Gasteiger partial charge on any atom is -0.481 e. The van der Waals surface area contributed by atoms with Gasteiger partial charge in [0, 0.05) is 11.0 Å². The summed E-state index contributed by atoms with van der Waals surface area (Å²) in [5.74, 6) is 0.103. The molecule has 0 radical (unpaired) electrons. The van der Waals surface area contributed by atoms with Gasteiger partial charge in [0.2, 0.25) is 0 Å². The van der Waals surface area contributed by atoms with Crippen molar-refractivity contribution >= 4 is 23.8 Å². The maximum absolute atomic E-state index is 11.3. The molecule has 1 unspecified atom stereocenters. The highest BCUT2D eigenvalue weighted by molar-refractivity contribution is 8.00. The summed E-state index contributed by atoms with van der Waals surface area (Å²) in [6.07, 6.45) is 5.49. The molecule has 4 atom stereocenters. The Bertz CT molecular complexity index is 364. The van der Waals surface area contributed by atoms with Gasteiger partial charge in [-0.25, -0.2) is 4.79 Å². The molecule has 2 amide bonds. The van der Waals surface area contributed by atoms with Crippen LogP contribution in [0.5, 0.6) is 0 Å². The molecule has 6 heteroatoms. The maximum atomic E-state index is 11.3. The molecule has 0 spiro atoms. The van der Waals surface area contributed by atoms with Gasteiger partial charge >= 0.3 is 12.0 Å². The molecule has 5 nitrogen and oxygen atoms in total. The largest absolute Gasteiger partial charge is 0.481 e. The first-order valence-electron chi connectivity index (χ1n) is 7.53. The minimum absolute atomic E-state index is 0.0586. The number of unbranched alkanes of at least 4 members (excludes halogenated alkanes) is 1. The first-order valence-corrected chi connectivity index (χ1v) is 8.58. The Morgan fingerprint density at radius 2 is 2.15 bits per heavy atom. The Morgan fingerprint density at radius 3 is 2.85 bits per heavy atom. The Kier molecular flexibility index (Phi) is 5.57.